The number of rotatable bonds is 15. The number of ether oxygens (including phenoxy) is 2. The number of carbonyl (C=O) groups is 3. The number of aromatic carboxylic acids is 1. The number of carboxylic acid groups (broad SMARTS) is 1. The number of aromatic amines is 2. The number of fused-ring (bicyclic) bond motifs is 1. The summed E-state index contributed by atoms with van der Waals surface area (Å²) < 4.78 is 13.3. The van der Waals surface area contributed by atoms with E-state index < -0.39 is 22.9 Å². The minimum absolute atomic E-state index is 0.000764. The van der Waals surface area contributed by atoms with Crippen molar-refractivity contribution >= 4 is 23.5 Å². The third-order valence-electron chi connectivity index (χ3n) is 9.24. The number of benzene rings is 2. The van der Waals surface area contributed by atoms with Crippen molar-refractivity contribution in [2.24, 2.45) is 7.05 Å². The van der Waals surface area contributed by atoms with Crippen molar-refractivity contribution in [3.8, 4) is 22.6 Å². The molecule has 2 aromatic carbocycles. The number of anilines is 1. The molecule has 0 saturated heterocycles. The number of hydrogen-bond donors (Lipinski definition) is 6. The summed E-state index contributed by atoms with van der Waals surface area (Å²) in [6.45, 7) is 2.99. The lowest BCUT2D eigenvalue weighted by atomic mass is 9.94. The quantitative estimate of drug-likeness (QED) is 0.0767. The number of H-pyrrole nitrogens is 2. The first-order chi connectivity index (χ1) is 26.1. The Hall–Kier alpha value is -5.74. The average Bonchev–Trinajstić information content (AvgIpc) is 3.60. The number of carbonyl (C=O) groups excluding carboxylic acids is 2. The maximum absolute atomic E-state index is 13.3. The van der Waals surface area contributed by atoms with Crippen LogP contribution in [0.15, 0.2) is 64.4 Å². The average molecular weight is 746 g/mol. The maximum atomic E-state index is 13.3. The molecule has 54 heavy (non-hydrogen) atoms. The highest BCUT2D eigenvalue weighted by molar-refractivity contribution is 5.97. The molecule has 288 valence electrons. The van der Waals surface area contributed by atoms with Gasteiger partial charge >= 0.3 is 11.7 Å². The van der Waals surface area contributed by atoms with Crippen LogP contribution in [0.25, 0.3) is 11.1 Å². The number of aromatic hydroxyl groups is 1. The minimum atomic E-state index is -1.34. The highest BCUT2D eigenvalue weighted by Crippen LogP contribution is 2.39. The number of phenolic OH excluding ortho intramolecular Hbond substituents is 1. The third-order valence-corrected chi connectivity index (χ3v) is 9.24. The maximum Gasteiger partial charge on any atom is 0.352 e. The molecule has 0 spiro atoms. The molecule has 3 heterocycles. The summed E-state index contributed by atoms with van der Waals surface area (Å²) in [6.07, 6.45) is 11.4. The first kappa shape index (κ1) is 39.5. The zero-order valence-electron chi connectivity index (χ0n) is 30.3. The van der Waals surface area contributed by atoms with Crippen molar-refractivity contribution in [3.63, 3.8) is 0 Å². The lowest BCUT2D eigenvalue weighted by Crippen LogP contribution is -2.45. The number of hydrogen-bond acceptors (Lipinski definition) is 10. The molecule has 1 saturated carbocycles. The van der Waals surface area contributed by atoms with Crippen LogP contribution in [0.1, 0.15) is 60.1 Å². The third kappa shape index (κ3) is 11.4. The second-order valence-electron chi connectivity index (χ2n) is 13.2. The Morgan fingerprint density at radius 2 is 1.78 bits per heavy atom. The molecule has 6 N–H and O–H groups in total. The lowest BCUT2D eigenvalue weighted by Gasteiger charge is -2.34. The summed E-state index contributed by atoms with van der Waals surface area (Å²) in [5, 5.41) is 28.8. The summed E-state index contributed by atoms with van der Waals surface area (Å²) in [5.74, 6) is -0.926. The van der Waals surface area contributed by atoms with E-state index >= 15 is 0 Å². The lowest BCUT2D eigenvalue weighted by molar-refractivity contribution is -0.135. The Morgan fingerprint density at radius 1 is 1.00 bits per heavy atom. The van der Waals surface area contributed by atoms with Gasteiger partial charge in [0.1, 0.15) is 17.1 Å². The fourth-order valence-corrected chi connectivity index (χ4v) is 6.48. The van der Waals surface area contributed by atoms with Crippen LogP contribution in [0.3, 0.4) is 0 Å². The van der Waals surface area contributed by atoms with E-state index in [4.69, 9.17) is 14.6 Å². The van der Waals surface area contributed by atoms with Crippen LogP contribution in [0.5, 0.6) is 11.5 Å². The molecule has 1 aliphatic heterocycles. The van der Waals surface area contributed by atoms with Crippen molar-refractivity contribution in [1.82, 2.24) is 30.0 Å². The smallest absolute Gasteiger partial charge is 0.352 e. The monoisotopic (exact) mass is 745 g/mol. The van der Waals surface area contributed by atoms with Crippen LogP contribution < -0.4 is 26.6 Å². The van der Waals surface area contributed by atoms with Crippen LogP contribution in [0, 0.1) is 0 Å². The molecule has 0 unspecified atom stereocenters. The Kier molecular flexibility index (Phi) is 14.2. The highest BCUT2D eigenvalue weighted by Gasteiger charge is 2.25. The number of nitrogens with zero attached hydrogens (tertiary/aromatic N) is 3. The van der Waals surface area contributed by atoms with Gasteiger partial charge in [-0.1, -0.05) is 49.6 Å². The number of aryl methyl sites for hydroxylation is 1. The van der Waals surface area contributed by atoms with E-state index in [1.807, 2.05) is 35.5 Å². The Bertz CT molecular complexity index is 1970. The van der Waals surface area contributed by atoms with Crippen LogP contribution in [-0.4, -0.2) is 98.1 Å². The number of carboxylic acids is 1. The van der Waals surface area contributed by atoms with Gasteiger partial charge in [0.15, 0.2) is 12.4 Å². The summed E-state index contributed by atoms with van der Waals surface area (Å²) in [7, 11) is 1.91. The molecule has 1 aliphatic carbocycles. The molecular weight excluding hydrogens is 698 g/mol. The molecule has 0 bridgehead atoms. The Morgan fingerprint density at radius 3 is 2.48 bits per heavy atom. The second kappa shape index (κ2) is 19.4. The fraction of sp³-hybridized carbons (Fsp3) is 0.421. The minimum Gasteiger partial charge on any atom is -0.506 e. The normalized spacial score (nSPS) is 13.9. The van der Waals surface area contributed by atoms with Gasteiger partial charge in [0.05, 0.1) is 25.8 Å². The summed E-state index contributed by atoms with van der Waals surface area (Å²) in [5.41, 5.74) is 2.73. The van der Waals surface area contributed by atoms with E-state index in [1.54, 1.807) is 10.7 Å². The molecule has 1 fully saturated rings. The number of nitrogens with one attached hydrogen (secondary N) is 4. The van der Waals surface area contributed by atoms with Gasteiger partial charge in [-0.25, -0.2) is 9.59 Å². The molecule has 4 aromatic rings. The van der Waals surface area contributed by atoms with Gasteiger partial charge < -0.3 is 40.2 Å². The van der Waals surface area contributed by atoms with Gasteiger partial charge in [0.25, 0.3) is 11.5 Å². The summed E-state index contributed by atoms with van der Waals surface area (Å²) in [6, 6.07) is 12.9. The fourth-order valence-electron chi connectivity index (χ4n) is 6.48. The molecule has 0 atom stereocenters. The molecular formula is C38H47N7O9. The van der Waals surface area contributed by atoms with E-state index in [0.717, 1.165) is 42.0 Å². The van der Waals surface area contributed by atoms with Crippen LogP contribution in [-0.2, 0) is 34.2 Å². The largest absolute Gasteiger partial charge is 0.506 e. The first-order valence-electron chi connectivity index (χ1n) is 18.1. The predicted molar refractivity (Wildman–Crippen MR) is 200 cm³/mol. The molecule has 0 radical (unpaired) electrons. The second-order valence-corrected chi connectivity index (χ2v) is 13.2. The number of phenols is 1. The van der Waals surface area contributed by atoms with Gasteiger partial charge in [0, 0.05) is 44.0 Å². The topological polar surface area (TPSA) is 221 Å². The molecule has 6 rings (SSSR count). The van der Waals surface area contributed by atoms with Gasteiger partial charge in [0.2, 0.25) is 5.91 Å². The van der Waals surface area contributed by atoms with E-state index in [-0.39, 0.29) is 24.2 Å². The van der Waals surface area contributed by atoms with Gasteiger partial charge in [-0.05, 0) is 55.0 Å². The number of aromatic nitrogens is 4. The predicted octanol–water partition coefficient (Wildman–Crippen LogP) is 2.83. The zero-order chi connectivity index (χ0) is 38.5. The molecule has 2 amide bonds. The van der Waals surface area contributed by atoms with Crippen molar-refractivity contribution in [2.75, 3.05) is 44.8 Å². The molecule has 16 heteroatoms. The van der Waals surface area contributed by atoms with E-state index in [9.17, 15) is 29.1 Å². The summed E-state index contributed by atoms with van der Waals surface area (Å²) >= 11 is 0. The zero-order valence-corrected chi connectivity index (χ0v) is 30.3. The van der Waals surface area contributed by atoms with Crippen molar-refractivity contribution in [1.29, 1.82) is 0 Å². The molecule has 2 aromatic heterocycles. The Labute approximate surface area is 311 Å². The SMILES string of the molecule is Cn1cc(-c2ccc(CCOCCC(=O)N(CCNCCc3ccc(O)c4c3OCC(=O)N4)C3CCCCC3)cc2)cn1.O=C(O)c1cc(=O)[nH]c(=O)[nH]1. The molecule has 2 aliphatic rings. The van der Waals surface area contributed by atoms with Crippen LogP contribution in [0.4, 0.5) is 5.69 Å². The van der Waals surface area contributed by atoms with Gasteiger partial charge in [-0.3, -0.25) is 24.0 Å². The van der Waals surface area contributed by atoms with Gasteiger partial charge in [-0.2, -0.15) is 5.10 Å². The standard InChI is InChI=1S/C33H43N5O5.C5H4N2O4/c1-37-22-27(21-35-37)25-9-7-24(8-10-25)14-19-42-20-15-31(41)38(28-5-3-2-4-6-28)18-17-34-16-13-26-11-12-29(39)32-33(26)43-23-30(40)36-32;8-3-1-2(4(9)10)6-5(11)7-3/h7-12,21-22,28,34,39H,2-6,13-20,23H2,1H3,(H,36,40);1H,(H,9,10)(H2,6,7,8,11). The first-order valence-corrected chi connectivity index (χ1v) is 18.1. The van der Waals surface area contributed by atoms with Gasteiger partial charge in [-0.15, -0.1) is 0 Å². The van der Waals surface area contributed by atoms with Crippen molar-refractivity contribution < 1.29 is 34.1 Å². The van der Waals surface area contributed by atoms with Crippen LogP contribution in [0.2, 0.25) is 0 Å². The molecule has 16 nitrogen and oxygen atoms in total. The number of amides is 2. The summed E-state index contributed by atoms with van der Waals surface area (Å²) in [4.78, 5) is 61.9. The van der Waals surface area contributed by atoms with E-state index in [1.165, 1.54) is 24.8 Å². The van der Waals surface area contributed by atoms with Crippen LogP contribution >= 0.6 is 0 Å². The highest BCUT2D eigenvalue weighted by atomic mass is 16.5. The van der Waals surface area contributed by atoms with Crippen molar-refractivity contribution in [3.05, 3.63) is 92.5 Å². The van der Waals surface area contributed by atoms with Crippen molar-refractivity contribution in [2.45, 2.75) is 57.4 Å². The van der Waals surface area contributed by atoms with E-state index in [0.29, 0.717) is 63.2 Å². The Balaban J connectivity index is 0.000000438. The van der Waals surface area contributed by atoms with E-state index in [2.05, 4.69) is 44.9 Å².